The number of carbonyl (C=O) groups excluding carboxylic acids is 1. The summed E-state index contributed by atoms with van der Waals surface area (Å²) in [5, 5.41) is 11.0. The highest BCUT2D eigenvalue weighted by molar-refractivity contribution is 7.21. The first-order valence-electron chi connectivity index (χ1n) is 16.8. The quantitative estimate of drug-likeness (QED) is 0.186. The normalized spacial score (nSPS) is 16.0. The molecule has 0 bridgehead atoms. The Balaban J connectivity index is 1.22. The molecule has 48 heavy (non-hydrogen) atoms. The number of pyridine rings is 1. The van der Waals surface area contributed by atoms with Crippen molar-refractivity contribution in [3.63, 3.8) is 0 Å². The van der Waals surface area contributed by atoms with Gasteiger partial charge in [0.15, 0.2) is 0 Å². The van der Waals surface area contributed by atoms with Gasteiger partial charge in [0.1, 0.15) is 22.9 Å². The average Bonchev–Trinajstić information content (AvgIpc) is 3.90. The summed E-state index contributed by atoms with van der Waals surface area (Å²) in [5.41, 5.74) is 7.26. The van der Waals surface area contributed by atoms with Gasteiger partial charge in [-0.1, -0.05) is 42.5 Å². The Kier molecular flexibility index (Phi) is 7.89. The lowest BCUT2D eigenvalue weighted by Crippen LogP contribution is -2.46. The number of thiophene rings is 1. The van der Waals surface area contributed by atoms with E-state index in [1.54, 1.807) is 6.07 Å². The van der Waals surface area contributed by atoms with Crippen LogP contribution in [0.25, 0.3) is 54.8 Å². The van der Waals surface area contributed by atoms with Crippen LogP contribution in [-0.4, -0.2) is 68.6 Å². The Labute approximate surface area is 283 Å². The molecule has 8 rings (SSSR count). The number of piperidine rings is 1. The molecular weight excluding hydrogens is 621 g/mol. The van der Waals surface area contributed by atoms with E-state index in [1.807, 2.05) is 55.1 Å². The molecule has 1 amide bonds. The second-order valence-corrected chi connectivity index (χ2v) is 14.1. The summed E-state index contributed by atoms with van der Waals surface area (Å²) in [6.45, 7) is 7.85. The van der Waals surface area contributed by atoms with Crippen molar-refractivity contribution in [1.82, 2.24) is 19.4 Å². The lowest BCUT2D eigenvalue weighted by atomic mass is 9.99. The van der Waals surface area contributed by atoms with E-state index >= 15 is 0 Å². The van der Waals surface area contributed by atoms with Crippen LogP contribution in [0, 0.1) is 13.8 Å². The van der Waals surface area contributed by atoms with Crippen molar-refractivity contribution in [3.8, 4) is 33.6 Å². The van der Waals surface area contributed by atoms with Gasteiger partial charge in [-0.25, -0.2) is 9.78 Å². The van der Waals surface area contributed by atoms with Gasteiger partial charge in [-0.2, -0.15) is 0 Å². The number of nitrogens with zero attached hydrogens (tertiary/aromatic N) is 4. The van der Waals surface area contributed by atoms with Gasteiger partial charge in [0, 0.05) is 35.6 Å². The van der Waals surface area contributed by atoms with E-state index in [-0.39, 0.29) is 17.3 Å². The van der Waals surface area contributed by atoms with Crippen LogP contribution < -0.4 is 0 Å². The third-order valence-electron chi connectivity index (χ3n) is 10.1. The summed E-state index contributed by atoms with van der Waals surface area (Å²) >= 11 is 1.27. The first kappa shape index (κ1) is 30.6. The third kappa shape index (κ3) is 5.50. The molecule has 6 heterocycles. The van der Waals surface area contributed by atoms with Crippen LogP contribution in [0.5, 0.6) is 0 Å². The molecule has 6 aromatic rings. The van der Waals surface area contributed by atoms with Crippen molar-refractivity contribution in [2.24, 2.45) is 0 Å². The van der Waals surface area contributed by atoms with Crippen LogP contribution in [0.4, 0.5) is 0 Å². The van der Waals surface area contributed by atoms with Gasteiger partial charge >= 0.3 is 5.97 Å². The number of likely N-dealkylation sites (tertiary alicyclic amines) is 2. The number of benzene rings is 2. The zero-order valence-corrected chi connectivity index (χ0v) is 28.1. The van der Waals surface area contributed by atoms with Crippen LogP contribution >= 0.6 is 11.3 Å². The fourth-order valence-corrected chi connectivity index (χ4v) is 8.76. The number of rotatable bonds is 7. The monoisotopic (exact) mass is 658 g/mol. The third-order valence-corrected chi connectivity index (χ3v) is 11.2. The maximum Gasteiger partial charge on any atom is 0.345 e. The van der Waals surface area contributed by atoms with E-state index in [0.29, 0.717) is 6.04 Å². The van der Waals surface area contributed by atoms with Crippen molar-refractivity contribution in [1.29, 1.82) is 0 Å². The highest BCUT2D eigenvalue weighted by Crippen LogP contribution is 2.45. The average molecular weight is 659 g/mol. The molecule has 0 spiro atoms. The fraction of sp³-hybridized carbons (Fsp3) is 0.308. The Morgan fingerprint density at radius 1 is 0.917 bits per heavy atom. The molecule has 1 N–H and O–H groups in total. The number of furan rings is 1. The molecule has 0 unspecified atom stereocenters. The summed E-state index contributed by atoms with van der Waals surface area (Å²) in [6, 6.07) is 24.7. The molecular formula is C39H38N4O4S. The fourth-order valence-electron chi connectivity index (χ4n) is 7.70. The van der Waals surface area contributed by atoms with Crippen LogP contribution in [0.3, 0.4) is 0 Å². The number of carboxylic acid groups (broad SMARTS) is 1. The van der Waals surface area contributed by atoms with Gasteiger partial charge in [-0.3, -0.25) is 4.79 Å². The minimum atomic E-state index is -0.964. The number of amides is 1. The van der Waals surface area contributed by atoms with Gasteiger partial charge in [0.05, 0.1) is 27.1 Å². The maximum absolute atomic E-state index is 14.1. The molecule has 9 heteroatoms. The summed E-state index contributed by atoms with van der Waals surface area (Å²) in [5.74, 6) is 0.792. The highest BCUT2D eigenvalue weighted by Gasteiger charge is 2.30. The maximum atomic E-state index is 14.1. The predicted octanol–water partition coefficient (Wildman–Crippen LogP) is 8.25. The number of fused-ring (bicyclic) bond motifs is 2. The molecule has 244 valence electrons. The molecule has 0 saturated carbocycles. The zero-order chi connectivity index (χ0) is 32.9. The molecule has 4 aromatic heterocycles. The molecule has 2 aliphatic rings. The molecule has 2 aliphatic heterocycles. The second-order valence-electron chi connectivity index (χ2n) is 13.1. The number of aromatic carboxylic acids is 1. The largest absolute Gasteiger partial charge is 0.477 e. The second kappa shape index (κ2) is 12.4. The van der Waals surface area contributed by atoms with Crippen LogP contribution in [0.1, 0.15) is 46.9 Å². The van der Waals surface area contributed by atoms with E-state index in [0.717, 1.165) is 92.2 Å². The summed E-state index contributed by atoms with van der Waals surface area (Å²) < 4.78 is 8.68. The van der Waals surface area contributed by atoms with Crippen LogP contribution in [-0.2, 0) is 11.3 Å². The van der Waals surface area contributed by atoms with Gasteiger partial charge in [-0.05, 0) is 94.1 Å². The van der Waals surface area contributed by atoms with Gasteiger partial charge < -0.3 is 23.9 Å². The summed E-state index contributed by atoms with van der Waals surface area (Å²) in [4.78, 5) is 36.1. The van der Waals surface area contributed by atoms with Gasteiger partial charge in [0.25, 0.3) is 0 Å². The van der Waals surface area contributed by atoms with E-state index < -0.39 is 5.97 Å². The Morgan fingerprint density at radius 2 is 1.69 bits per heavy atom. The Morgan fingerprint density at radius 3 is 2.40 bits per heavy atom. The molecule has 2 saturated heterocycles. The molecule has 0 atom stereocenters. The molecule has 2 aromatic carbocycles. The first-order valence-corrected chi connectivity index (χ1v) is 17.6. The SMILES string of the molecule is Cc1cc(-c2ccc3cc(-c4c(-c5ccccc5)c5sc(C(=O)O)cc5n4CC(=O)N4CCC(N5CCCC5)CC4)ccc3n2)c(C)o1. The number of aryl methyl sites for hydroxylation is 2. The highest BCUT2D eigenvalue weighted by atomic mass is 32.1. The van der Waals surface area contributed by atoms with E-state index in [2.05, 4.69) is 39.8 Å². The van der Waals surface area contributed by atoms with E-state index in [9.17, 15) is 14.7 Å². The van der Waals surface area contributed by atoms with Crippen molar-refractivity contribution in [3.05, 3.63) is 89.2 Å². The summed E-state index contributed by atoms with van der Waals surface area (Å²) in [7, 11) is 0. The summed E-state index contributed by atoms with van der Waals surface area (Å²) in [6.07, 6.45) is 4.52. The van der Waals surface area contributed by atoms with E-state index in [4.69, 9.17) is 9.40 Å². The topological polar surface area (TPSA) is 91.8 Å². The number of hydrogen-bond acceptors (Lipinski definition) is 6. The molecule has 2 fully saturated rings. The van der Waals surface area contributed by atoms with E-state index in [1.165, 1.54) is 37.3 Å². The smallest absolute Gasteiger partial charge is 0.345 e. The lowest BCUT2D eigenvalue weighted by Gasteiger charge is -2.36. The zero-order valence-electron chi connectivity index (χ0n) is 27.2. The van der Waals surface area contributed by atoms with Crippen molar-refractivity contribution in [2.75, 3.05) is 26.2 Å². The van der Waals surface area contributed by atoms with Gasteiger partial charge in [-0.15, -0.1) is 11.3 Å². The molecule has 0 radical (unpaired) electrons. The lowest BCUT2D eigenvalue weighted by molar-refractivity contribution is -0.133. The molecule has 0 aliphatic carbocycles. The minimum Gasteiger partial charge on any atom is -0.477 e. The Bertz CT molecular complexity index is 2160. The van der Waals surface area contributed by atoms with Crippen LogP contribution in [0.15, 0.2) is 77.2 Å². The molecule has 8 nitrogen and oxygen atoms in total. The number of hydrogen-bond donors (Lipinski definition) is 1. The van der Waals surface area contributed by atoms with Crippen molar-refractivity contribution < 1.29 is 19.1 Å². The first-order chi connectivity index (χ1) is 23.3. The number of aromatic nitrogens is 2. The van der Waals surface area contributed by atoms with Gasteiger partial charge in [0.2, 0.25) is 5.91 Å². The van der Waals surface area contributed by atoms with Crippen molar-refractivity contribution >= 4 is 44.3 Å². The predicted molar refractivity (Wildman–Crippen MR) is 191 cm³/mol. The number of carbonyl (C=O) groups is 2. The van der Waals surface area contributed by atoms with Crippen LogP contribution in [0.2, 0.25) is 0 Å². The number of carboxylic acids is 1. The van der Waals surface area contributed by atoms with Crippen molar-refractivity contribution in [2.45, 2.75) is 52.1 Å². The standard InChI is InChI=1S/C39H38N4O4S/c1-24-20-30(25(2)47-24)32-13-10-27-21-28(11-12-31(27)40-32)37-36(26-8-4-3-5-9-26)38-33(22-34(48-38)39(45)46)43(37)23-35(44)42-18-14-29(15-19-42)41-16-6-7-17-41/h3-5,8-13,20-22,29H,6-7,14-19,23H2,1-2H3,(H,45,46). The minimum absolute atomic E-state index is 0.0635. The Hall–Kier alpha value is -4.73.